The van der Waals surface area contributed by atoms with E-state index in [1.807, 2.05) is 4.90 Å². The average molecular weight is 371 g/mol. The smallest absolute Gasteiger partial charge is 0.240 e. The Hall–Kier alpha value is -1.77. The number of anilines is 1. The minimum atomic E-state index is -3.77. The zero-order valence-electron chi connectivity index (χ0n) is 12.7. The second-order valence-corrected chi connectivity index (χ2v) is 7.65. The van der Waals surface area contributed by atoms with Crippen molar-refractivity contribution in [3.8, 4) is 0 Å². The Morgan fingerprint density at radius 1 is 1.29 bits per heavy atom. The molecule has 1 saturated heterocycles. The van der Waals surface area contributed by atoms with E-state index < -0.39 is 15.8 Å². The van der Waals surface area contributed by atoms with Crippen molar-refractivity contribution >= 4 is 27.6 Å². The molecule has 0 spiro atoms. The molecule has 3 rings (SSSR count). The molecule has 0 bridgehead atoms. The molecular formula is C15H16ClFN4O2S. The van der Waals surface area contributed by atoms with Crippen LogP contribution in [0.25, 0.3) is 0 Å². The first-order valence-electron chi connectivity index (χ1n) is 7.45. The predicted octanol–water partition coefficient (Wildman–Crippen LogP) is 2.22. The zero-order valence-corrected chi connectivity index (χ0v) is 14.3. The fourth-order valence-electron chi connectivity index (χ4n) is 2.64. The number of sulfonamides is 1. The molecule has 0 saturated carbocycles. The maximum absolute atomic E-state index is 13.2. The monoisotopic (exact) mass is 370 g/mol. The molecule has 128 valence electrons. The van der Waals surface area contributed by atoms with Crippen molar-refractivity contribution in [2.75, 3.05) is 18.0 Å². The first kappa shape index (κ1) is 17.1. The van der Waals surface area contributed by atoms with E-state index in [-0.39, 0.29) is 16.0 Å². The third-order valence-corrected chi connectivity index (χ3v) is 5.59. The van der Waals surface area contributed by atoms with Crippen LogP contribution in [0.3, 0.4) is 0 Å². The fourth-order valence-corrected chi connectivity index (χ4v) is 4.17. The molecule has 1 aliphatic heterocycles. The van der Waals surface area contributed by atoms with Crippen LogP contribution < -0.4 is 9.62 Å². The van der Waals surface area contributed by atoms with Crippen molar-refractivity contribution in [2.45, 2.75) is 23.8 Å². The van der Waals surface area contributed by atoms with E-state index in [9.17, 15) is 12.8 Å². The fraction of sp³-hybridized carbons (Fsp3) is 0.333. The summed E-state index contributed by atoms with van der Waals surface area (Å²) in [5.74, 6) is -0.0769. The predicted molar refractivity (Wildman–Crippen MR) is 89.0 cm³/mol. The number of halogens is 2. The lowest BCUT2D eigenvalue weighted by Crippen LogP contribution is -2.48. The number of nitrogens with one attached hydrogen (secondary N) is 1. The van der Waals surface area contributed by atoms with E-state index in [2.05, 4.69) is 14.7 Å². The summed E-state index contributed by atoms with van der Waals surface area (Å²) in [5, 5.41) is -0.221. The average Bonchev–Trinajstić information content (AvgIpc) is 2.58. The zero-order chi connectivity index (χ0) is 17.2. The van der Waals surface area contributed by atoms with Crippen molar-refractivity contribution in [3.63, 3.8) is 0 Å². The summed E-state index contributed by atoms with van der Waals surface area (Å²) in [7, 11) is -3.77. The molecule has 6 nitrogen and oxygen atoms in total. The van der Waals surface area contributed by atoms with Crippen molar-refractivity contribution in [1.29, 1.82) is 0 Å². The van der Waals surface area contributed by atoms with Crippen molar-refractivity contribution in [2.24, 2.45) is 0 Å². The van der Waals surface area contributed by atoms with Gasteiger partial charge in [-0.05, 0) is 37.1 Å². The Labute approximate surface area is 144 Å². The molecular weight excluding hydrogens is 355 g/mol. The maximum Gasteiger partial charge on any atom is 0.240 e. The molecule has 0 radical (unpaired) electrons. The molecule has 0 amide bonds. The van der Waals surface area contributed by atoms with Crippen LogP contribution in [-0.4, -0.2) is 37.5 Å². The molecule has 2 aromatic rings. The molecule has 1 N–H and O–H groups in total. The molecule has 1 aromatic heterocycles. The van der Waals surface area contributed by atoms with Gasteiger partial charge in [0.2, 0.25) is 16.0 Å². The summed E-state index contributed by atoms with van der Waals surface area (Å²) in [6.07, 6.45) is 4.82. The van der Waals surface area contributed by atoms with Gasteiger partial charge in [0.15, 0.2) is 0 Å². The van der Waals surface area contributed by atoms with Gasteiger partial charge in [-0.15, -0.1) is 0 Å². The van der Waals surface area contributed by atoms with E-state index >= 15 is 0 Å². The van der Waals surface area contributed by atoms with Crippen LogP contribution in [0.5, 0.6) is 0 Å². The van der Waals surface area contributed by atoms with E-state index in [1.54, 1.807) is 18.5 Å². The van der Waals surface area contributed by atoms with Gasteiger partial charge >= 0.3 is 0 Å². The summed E-state index contributed by atoms with van der Waals surface area (Å²) in [6, 6.07) is 4.80. The van der Waals surface area contributed by atoms with Crippen LogP contribution in [0.4, 0.5) is 10.3 Å². The summed E-state index contributed by atoms with van der Waals surface area (Å²) in [5.41, 5.74) is 0. The van der Waals surface area contributed by atoms with Crippen LogP contribution in [0.15, 0.2) is 41.6 Å². The highest BCUT2D eigenvalue weighted by atomic mass is 35.5. The number of benzene rings is 1. The Bertz CT molecular complexity index is 819. The highest BCUT2D eigenvalue weighted by Gasteiger charge is 2.26. The van der Waals surface area contributed by atoms with Gasteiger partial charge in [-0.1, -0.05) is 11.6 Å². The summed E-state index contributed by atoms with van der Waals surface area (Å²) >= 11 is 5.67. The summed E-state index contributed by atoms with van der Waals surface area (Å²) < 4.78 is 40.8. The Morgan fingerprint density at radius 3 is 2.75 bits per heavy atom. The quantitative estimate of drug-likeness (QED) is 0.893. The first-order valence-corrected chi connectivity index (χ1v) is 9.31. The number of rotatable bonds is 4. The highest BCUT2D eigenvalue weighted by molar-refractivity contribution is 7.89. The van der Waals surface area contributed by atoms with Gasteiger partial charge in [0, 0.05) is 31.5 Å². The summed E-state index contributed by atoms with van der Waals surface area (Å²) in [4.78, 5) is 10.3. The second-order valence-electron chi connectivity index (χ2n) is 5.53. The van der Waals surface area contributed by atoms with Gasteiger partial charge in [-0.25, -0.2) is 27.5 Å². The van der Waals surface area contributed by atoms with Crippen molar-refractivity contribution in [3.05, 3.63) is 47.5 Å². The largest absolute Gasteiger partial charge is 0.339 e. The minimum absolute atomic E-state index is 0.0537. The Kier molecular flexibility index (Phi) is 4.98. The number of hydrogen-bond acceptors (Lipinski definition) is 5. The normalized spacial score (nSPS) is 18.6. The van der Waals surface area contributed by atoms with E-state index in [0.29, 0.717) is 18.9 Å². The van der Waals surface area contributed by atoms with Crippen LogP contribution in [0.1, 0.15) is 12.8 Å². The first-order chi connectivity index (χ1) is 11.5. The summed E-state index contributed by atoms with van der Waals surface area (Å²) in [6.45, 7) is 1.24. The lowest BCUT2D eigenvalue weighted by Gasteiger charge is -2.32. The maximum atomic E-state index is 13.2. The third kappa shape index (κ3) is 3.82. The van der Waals surface area contributed by atoms with Crippen molar-refractivity contribution < 1.29 is 12.8 Å². The van der Waals surface area contributed by atoms with Gasteiger partial charge in [0.1, 0.15) is 5.82 Å². The molecule has 0 unspecified atom stereocenters. The van der Waals surface area contributed by atoms with Crippen LogP contribution >= 0.6 is 11.6 Å². The molecule has 9 heteroatoms. The van der Waals surface area contributed by atoms with Crippen molar-refractivity contribution in [1.82, 2.24) is 14.7 Å². The standard InChI is InChI=1S/C15H16ClFN4O2S/c16-13-9-12(4-5-14(13)17)24(22,23)20-11-3-1-8-21(10-11)15-18-6-2-7-19-15/h2,4-7,9,11,20H,1,3,8,10H2/t11-/m0/s1. The second kappa shape index (κ2) is 7.00. The number of aromatic nitrogens is 2. The lowest BCUT2D eigenvalue weighted by molar-refractivity contribution is 0.461. The molecule has 1 fully saturated rings. The highest BCUT2D eigenvalue weighted by Crippen LogP contribution is 2.21. The SMILES string of the molecule is O=S(=O)(N[C@H]1CCCN(c2ncccn2)C1)c1ccc(F)c(Cl)c1. The molecule has 0 aliphatic carbocycles. The molecule has 2 heterocycles. The van der Waals surface area contributed by atoms with Crippen LogP contribution in [0, 0.1) is 5.82 Å². The lowest BCUT2D eigenvalue weighted by atomic mass is 10.1. The topological polar surface area (TPSA) is 75.2 Å². The number of piperidine rings is 1. The molecule has 1 atom stereocenters. The molecule has 1 aromatic carbocycles. The van der Waals surface area contributed by atoms with Gasteiger partial charge in [-0.3, -0.25) is 0 Å². The Balaban J connectivity index is 1.73. The number of nitrogens with zero attached hydrogens (tertiary/aromatic N) is 3. The molecule has 24 heavy (non-hydrogen) atoms. The Morgan fingerprint density at radius 2 is 2.04 bits per heavy atom. The van der Waals surface area contributed by atoms with Gasteiger partial charge in [0.25, 0.3) is 0 Å². The third-order valence-electron chi connectivity index (χ3n) is 3.78. The van der Waals surface area contributed by atoms with Crippen LogP contribution in [-0.2, 0) is 10.0 Å². The number of hydrogen-bond donors (Lipinski definition) is 1. The van der Waals surface area contributed by atoms with Gasteiger partial charge in [0.05, 0.1) is 9.92 Å². The van der Waals surface area contributed by atoms with Gasteiger partial charge < -0.3 is 4.90 Å². The van der Waals surface area contributed by atoms with Crippen LogP contribution in [0.2, 0.25) is 5.02 Å². The van der Waals surface area contributed by atoms with Gasteiger partial charge in [-0.2, -0.15) is 0 Å². The minimum Gasteiger partial charge on any atom is -0.339 e. The van der Waals surface area contributed by atoms with E-state index in [1.165, 1.54) is 6.07 Å². The van der Waals surface area contributed by atoms with E-state index in [4.69, 9.17) is 11.6 Å². The van der Waals surface area contributed by atoms with E-state index in [0.717, 1.165) is 25.1 Å². The molecule has 1 aliphatic rings.